The number of aliphatic carboxylic acids is 1. The summed E-state index contributed by atoms with van der Waals surface area (Å²) in [5, 5.41) is 8.79. The van der Waals surface area contributed by atoms with Gasteiger partial charge in [0.25, 0.3) is 0 Å². The average molecular weight is 206 g/mol. The van der Waals surface area contributed by atoms with E-state index in [1.165, 1.54) is 7.11 Å². The molecule has 15 heavy (non-hydrogen) atoms. The summed E-state index contributed by atoms with van der Waals surface area (Å²) < 4.78 is 6.83. The molecule has 78 valence electrons. The molecule has 0 saturated carbocycles. The van der Waals surface area contributed by atoms with Gasteiger partial charge in [-0.15, -0.1) is 0 Å². The molecule has 0 saturated heterocycles. The molecule has 5 nitrogen and oxygen atoms in total. The Balaban J connectivity index is 2.62. The number of hydrogen-bond donors (Lipinski definition) is 1. The zero-order valence-electron chi connectivity index (χ0n) is 8.17. The summed E-state index contributed by atoms with van der Waals surface area (Å²) >= 11 is 0. The molecule has 0 aliphatic heterocycles. The number of hydrogen-bond acceptors (Lipinski definition) is 3. The van der Waals surface area contributed by atoms with Crippen LogP contribution in [0.15, 0.2) is 24.5 Å². The van der Waals surface area contributed by atoms with Gasteiger partial charge in [-0.05, 0) is 12.1 Å². The summed E-state index contributed by atoms with van der Waals surface area (Å²) in [4.78, 5) is 14.8. The lowest BCUT2D eigenvalue weighted by molar-refractivity contribution is -0.136. The zero-order chi connectivity index (χ0) is 10.8. The third-order valence-electron chi connectivity index (χ3n) is 2.17. The van der Waals surface area contributed by atoms with Crippen LogP contribution >= 0.6 is 0 Å². The fraction of sp³-hybridized carbons (Fsp3) is 0.200. The van der Waals surface area contributed by atoms with Crippen molar-refractivity contribution in [3.63, 3.8) is 0 Å². The number of carbonyl (C=O) groups is 1. The van der Waals surface area contributed by atoms with Crippen LogP contribution in [0.5, 0.6) is 5.75 Å². The largest absolute Gasteiger partial charge is 0.495 e. The average Bonchev–Trinajstić information content (AvgIpc) is 2.65. The van der Waals surface area contributed by atoms with Crippen molar-refractivity contribution in [2.75, 3.05) is 7.11 Å². The van der Waals surface area contributed by atoms with Crippen LogP contribution < -0.4 is 4.74 Å². The molecule has 0 bridgehead atoms. The summed E-state index contributed by atoms with van der Waals surface area (Å²) in [5.74, 6) is -0.336. The van der Waals surface area contributed by atoms with E-state index in [0.29, 0.717) is 17.1 Å². The highest BCUT2D eigenvalue weighted by molar-refractivity contribution is 5.71. The van der Waals surface area contributed by atoms with Gasteiger partial charge in [-0.3, -0.25) is 9.20 Å². The third-order valence-corrected chi connectivity index (χ3v) is 2.17. The van der Waals surface area contributed by atoms with Gasteiger partial charge in [0.2, 0.25) is 0 Å². The van der Waals surface area contributed by atoms with Gasteiger partial charge in [0, 0.05) is 12.4 Å². The summed E-state index contributed by atoms with van der Waals surface area (Å²) in [7, 11) is 1.52. The molecule has 0 aliphatic rings. The fourth-order valence-electron chi connectivity index (χ4n) is 1.53. The smallest absolute Gasteiger partial charge is 0.309 e. The molecule has 2 rings (SSSR count). The van der Waals surface area contributed by atoms with E-state index in [4.69, 9.17) is 9.84 Å². The van der Waals surface area contributed by atoms with Crippen LogP contribution in [0.2, 0.25) is 0 Å². The minimum atomic E-state index is -0.894. The van der Waals surface area contributed by atoms with Crippen LogP contribution in [0, 0.1) is 0 Å². The number of pyridine rings is 1. The molecule has 1 N–H and O–H groups in total. The van der Waals surface area contributed by atoms with Gasteiger partial charge in [0.05, 0.1) is 19.2 Å². The van der Waals surface area contributed by atoms with Crippen LogP contribution in [-0.4, -0.2) is 27.6 Å². The number of aromatic nitrogens is 2. The topological polar surface area (TPSA) is 63.8 Å². The van der Waals surface area contributed by atoms with E-state index in [0.717, 1.165) is 0 Å². The van der Waals surface area contributed by atoms with E-state index >= 15 is 0 Å². The normalized spacial score (nSPS) is 10.5. The minimum Gasteiger partial charge on any atom is -0.495 e. The number of carboxylic acid groups (broad SMARTS) is 1. The maximum absolute atomic E-state index is 10.7. The van der Waals surface area contributed by atoms with Gasteiger partial charge in [0.1, 0.15) is 11.4 Å². The van der Waals surface area contributed by atoms with Gasteiger partial charge < -0.3 is 9.84 Å². The first-order chi connectivity index (χ1) is 7.22. The highest BCUT2D eigenvalue weighted by Gasteiger charge is 2.11. The lowest BCUT2D eigenvalue weighted by atomic mass is 10.2. The summed E-state index contributed by atoms with van der Waals surface area (Å²) in [6.07, 6.45) is 3.26. The molecule has 0 radical (unpaired) electrons. The monoisotopic (exact) mass is 206 g/mol. The number of fused-ring (bicyclic) bond motifs is 1. The van der Waals surface area contributed by atoms with Gasteiger partial charge in [-0.2, -0.15) is 0 Å². The summed E-state index contributed by atoms with van der Waals surface area (Å²) in [6, 6.07) is 3.50. The predicted octanol–water partition coefficient (Wildman–Crippen LogP) is 0.970. The maximum atomic E-state index is 10.7. The second-order valence-electron chi connectivity index (χ2n) is 3.07. The Kier molecular flexibility index (Phi) is 2.29. The number of methoxy groups -OCH3 is 1. The van der Waals surface area contributed by atoms with Crippen molar-refractivity contribution in [1.29, 1.82) is 0 Å². The number of ether oxygens (including phenoxy) is 1. The molecule has 2 aromatic heterocycles. The van der Waals surface area contributed by atoms with Crippen molar-refractivity contribution in [3.8, 4) is 5.75 Å². The highest BCUT2D eigenvalue weighted by atomic mass is 16.5. The molecule has 0 amide bonds. The maximum Gasteiger partial charge on any atom is 0.309 e. The quantitative estimate of drug-likeness (QED) is 0.812. The molecule has 0 aliphatic carbocycles. The molecule has 0 fully saturated rings. The third kappa shape index (κ3) is 1.63. The standard InChI is InChI=1S/C10H10N2O3/c1-15-8-2-3-9-11-4-5-12(9)7(8)6-10(13)14/h2-5H,6H2,1H3,(H,13,14). The molecular weight excluding hydrogens is 196 g/mol. The number of rotatable bonds is 3. The molecule has 0 atom stereocenters. The second-order valence-corrected chi connectivity index (χ2v) is 3.07. The first-order valence-corrected chi connectivity index (χ1v) is 4.43. The van der Waals surface area contributed by atoms with E-state index in [9.17, 15) is 4.79 Å². The van der Waals surface area contributed by atoms with Gasteiger partial charge in [-0.1, -0.05) is 0 Å². The number of nitrogens with zero attached hydrogens (tertiary/aromatic N) is 2. The zero-order valence-corrected chi connectivity index (χ0v) is 8.17. The second kappa shape index (κ2) is 3.61. The summed E-state index contributed by atoms with van der Waals surface area (Å²) in [5.41, 5.74) is 1.31. The molecule has 0 unspecified atom stereocenters. The first kappa shape index (κ1) is 9.51. The molecule has 2 aromatic rings. The predicted molar refractivity (Wildman–Crippen MR) is 53.1 cm³/mol. The SMILES string of the molecule is COc1ccc2nccn2c1CC(=O)O. The Labute approximate surface area is 85.9 Å². The van der Waals surface area contributed by atoms with E-state index in [2.05, 4.69) is 4.98 Å². The fourth-order valence-corrected chi connectivity index (χ4v) is 1.53. The Morgan fingerprint density at radius 2 is 2.40 bits per heavy atom. The van der Waals surface area contributed by atoms with E-state index < -0.39 is 5.97 Å². The lowest BCUT2D eigenvalue weighted by Gasteiger charge is -2.08. The minimum absolute atomic E-state index is 0.0864. The van der Waals surface area contributed by atoms with Gasteiger partial charge >= 0.3 is 5.97 Å². The van der Waals surface area contributed by atoms with Crippen molar-refractivity contribution in [2.45, 2.75) is 6.42 Å². The van der Waals surface area contributed by atoms with Gasteiger partial charge in [-0.25, -0.2) is 4.98 Å². The van der Waals surface area contributed by atoms with Crippen LogP contribution in [0.1, 0.15) is 5.69 Å². The molecule has 0 spiro atoms. The molecule has 5 heteroatoms. The first-order valence-electron chi connectivity index (χ1n) is 4.43. The van der Waals surface area contributed by atoms with Crippen molar-refractivity contribution >= 4 is 11.6 Å². The van der Waals surface area contributed by atoms with Crippen molar-refractivity contribution in [3.05, 3.63) is 30.2 Å². The molecular formula is C10H10N2O3. The number of carboxylic acids is 1. The van der Waals surface area contributed by atoms with Crippen LogP contribution in [-0.2, 0) is 11.2 Å². The van der Waals surface area contributed by atoms with Crippen molar-refractivity contribution < 1.29 is 14.6 Å². The van der Waals surface area contributed by atoms with Gasteiger partial charge in [0.15, 0.2) is 0 Å². The summed E-state index contributed by atoms with van der Waals surface area (Å²) in [6.45, 7) is 0. The molecule has 2 heterocycles. The van der Waals surface area contributed by atoms with Crippen molar-refractivity contribution in [1.82, 2.24) is 9.38 Å². The Morgan fingerprint density at radius 1 is 1.60 bits per heavy atom. The number of imidazole rings is 1. The van der Waals surface area contributed by atoms with Crippen LogP contribution in [0.3, 0.4) is 0 Å². The van der Waals surface area contributed by atoms with E-state index in [1.807, 2.05) is 0 Å². The van der Waals surface area contributed by atoms with Crippen LogP contribution in [0.25, 0.3) is 5.65 Å². The lowest BCUT2D eigenvalue weighted by Crippen LogP contribution is -2.07. The Morgan fingerprint density at radius 3 is 3.07 bits per heavy atom. The Hall–Kier alpha value is -2.04. The molecule has 0 aromatic carbocycles. The highest BCUT2D eigenvalue weighted by Crippen LogP contribution is 2.20. The van der Waals surface area contributed by atoms with Crippen LogP contribution in [0.4, 0.5) is 0 Å². The Bertz CT molecular complexity index is 504. The van der Waals surface area contributed by atoms with E-state index in [-0.39, 0.29) is 6.42 Å². The van der Waals surface area contributed by atoms with E-state index in [1.54, 1.807) is 28.9 Å². The van der Waals surface area contributed by atoms with Crippen molar-refractivity contribution in [2.24, 2.45) is 0 Å².